The fourth-order valence-corrected chi connectivity index (χ4v) is 2.84. The maximum Gasteiger partial charge on any atom is 0.227 e. The van der Waals surface area contributed by atoms with Crippen LogP contribution in [0.25, 0.3) is 11.0 Å². The number of carbonyl (C=O) groups excluding carboxylic acids is 1. The summed E-state index contributed by atoms with van der Waals surface area (Å²) in [5, 5.41) is 6.46. The third kappa shape index (κ3) is 2.90. The minimum absolute atomic E-state index is 0.102. The number of nitrogens with zero attached hydrogens (tertiary/aromatic N) is 2. The second kappa shape index (κ2) is 6.01. The Morgan fingerprint density at radius 2 is 2.45 bits per heavy atom. The van der Waals surface area contributed by atoms with Crippen molar-refractivity contribution in [1.29, 1.82) is 0 Å². The fourth-order valence-electron chi connectivity index (χ4n) is 2.09. The van der Waals surface area contributed by atoms with Gasteiger partial charge in [0.15, 0.2) is 0 Å². The van der Waals surface area contributed by atoms with Crippen molar-refractivity contribution in [2.45, 2.75) is 12.5 Å². The molecule has 1 atom stereocenters. The molecule has 0 radical (unpaired) electrons. The van der Waals surface area contributed by atoms with E-state index in [2.05, 4.69) is 19.4 Å². The maximum atomic E-state index is 12.1. The summed E-state index contributed by atoms with van der Waals surface area (Å²) in [6.45, 7) is 2.14. The van der Waals surface area contributed by atoms with E-state index in [4.69, 9.17) is 16.3 Å². The molecule has 1 aromatic carbocycles. The molecule has 2 heterocycles. The van der Waals surface area contributed by atoms with Crippen molar-refractivity contribution in [3.63, 3.8) is 0 Å². The molecule has 20 heavy (non-hydrogen) atoms. The molecule has 0 saturated carbocycles. The van der Waals surface area contributed by atoms with Crippen molar-refractivity contribution < 1.29 is 9.53 Å². The van der Waals surface area contributed by atoms with Crippen LogP contribution in [-0.4, -0.2) is 40.5 Å². The number of aromatic nitrogens is 2. The quantitative estimate of drug-likeness (QED) is 0.901. The van der Waals surface area contributed by atoms with Gasteiger partial charge in [0.25, 0.3) is 0 Å². The highest BCUT2D eigenvalue weighted by atomic mass is 35.5. The van der Waals surface area contributed by atoms with Gasteiger partial charge in [-0.25, -0.2) is 0 Å². The summed E-state index contributed by atoms with van der Waals surface area (Å²) in [5.41, 5.74) is 1.87. The van der Waals surface area contributed by atoms with Gasteiger partial charge in [0.05, 0.1) is 41.6 Å². The zero-order chi connectivity index (χ0) is 13.9. The number of halogens is 1. The Morgan fingerprint density at radius 3 is 3.25 bits per heavy atom. The molecule has 1 aromatic heterocycles. The summed E-state index contributed by atoms with van der Waals surface area (Å²) in [4.78, 5) is 12.1. The lowest BCUT2D eigenvalue weighted by atomic mass is 10.2. The van der Waals surface area contributed by atoms with Crippen molar-refractivity contribution in [3.05, 3.63) is 17.2 Å². The van der Waals surface area contributed by atoms with Crippen LogP contribution in [0.1, 0.15) is 6.42 Å². The number of carbonyl (C=O) groups is 1. The SMILES string of the molecule is O=C(CC1CNCCO1)Nc1c(Cl)ccc2nsnc12. The molecule has 1 unspecified atom stereocenters. The Balaban J connectivity index is 1.73. The molecule has 2 N–H and O–H groups in total. The fraction of sp³-hybridized carbons (Fsp3) is 0.417. The lowest BCUT2D eigenvalue weighted by Gasteiger charge is -2.23. The summed E-state index contributed by atoms with van der Waals surface area (Å²) < 4.78 is 13.8. The van der Waals surface area contributed by atoms with Crippen LogP contribution in [0.15, 0.2) is 12.1 Å². The molecule has 1 amide bonds. The molecule has 1 aliphatic heterocycles. The molecule has 0 bridgehead atoms. The Hall–Kier alpha value is -1.28. The van der Waals surface area contributed by atoms with E-state index in [1.54, 1.807) is 12.1 Å². The van der Waals surface area contributed by atoms with E-state index in [1.807, 2.05) is 0 Å². The van der Waals surface area contributed by atoms with Gasteiger partial charge in [-0.15, -0.1) is 0 Å². The van der Waals surface area contributed by atoms with Gasteiger partial charge in [0.2, 0.25) is 5.91 Å². The lowest BCUT2D eigenvalue weighted by Crippen LogP contribution is -2.40. The van der Waals surface area contributed by atoms with Crippen molar-refractivity contribution in [3.8, 4) is 0 Å². The molecule has 1 aliphatic rings. The Bertz CT molecular complexity index is 627. The number of morpholine rings is 1. The first kappa shape index (κ1) is 13.7. The monoisotopic (exact) mass is 312 g/mol. The number of amides is 1. The first-order valence-corrected chi connectivity index (χ1v) is 7.38. The van der Waals surface area contributed by atoms with Crippen LogP contribution in [0.2, 0.25) is 5.02 Å². The van der Waals surface area contributed by atoms with E-state index in [0.29, 0.717) is 29.4 Å². The number of rotatable bonds is 3. The number of ether oxygens (including phenoxy) is 1. The minimum atomic E-state index is -0.138. The van der Waals surface area contributed by atoms with Crippen molar-refractivity contribution in [2.24, 2.45) is 0 Å². The average Bonchev–Trinajstić information content (AvgIpc) is 2.92. The zero-order valence-electron chi connectivity index (χ0n) is 10.6. The molecule has 2 aromatic rings. The molecule has 1 saturated heterocycles. The molecule has 8 heteroatoms. The smallest absolute Gasteiger partial charge is 0.227 e. The highest BCUT2D eigenvalue weighted by Gasteiger charge is 2.19. The number of anilines is 1. The lowest BCUT2D eigenvalue weighted by molar-refractivity contribution is -0.119. The molecule has 106 valence electrons. The predicted molar refractivity (Wildman–Crippen MR) is 78.3 cm³/mol. The Labute approximate surface area is 124 Å². The standard InChI is InChI=1S/C12H13ClN4O2S/c13-8-1-2-9-12(17-20-16-9)11(8)15-10(18)5-7-6-14-3-4-19-7/h1-2,7,14H,3-6H2,(H,15,18). The first-order valence-electron chi connectivity index (χ1n) is 6.27. The first-order chi connectivity index (χ1) is 9.74. The van der Waals surface area contributed by atoms with E-state index in [9.17, 15) is 4.79 Å². The highest BCUT2D eigenvalue weighted by Crippen LogP contribution is 2.30. The Morgan fingerprint density at radius 1 is 1.55 bits per heavy atom. The van der Waals surface area contributed by atoms with Gasteiger partial charge in [0.1, 0.15) is 11.0 Å². The van der Waals surface area contributed by atoms with Crippen LogP contribution in [0.4, 0.5) is 5.69 Å². The van der Waals surface area contributed by atoms with Crippen molar-refractivity contribution in [2.75, 3.05) is 25.0 Å². The van der Waals surface area contributed by atoms with Gasteiger partial charge < -0.3 is 15.4 Å². The third-order valence-corrected chi connectivity index (χ3v) is 3.92. The van der Waals surface area contributed by atoms with E-state index in [1.165, 1.54) is 0 Å². The van der Waals surface area contributed by atoms with E-state index in [-0.39, 0.29) is 18.4 Å². The molecule has 1 fully saturated rings. The second-order valence-corrected chi connectivity index (χ2v) is 5.44. The zero-order valence-corrected chi connectivity index (χ0v) is 12.1. The van der Waals surface area contributed by atoms with Crippen LogP contribution < -0.4 is 10.6 Å². The molecular weight excluding hydrogens is 300 g/mol. The van der Waals surface area contributed by atoms with Crippen LogP contribution in [0, 0.1) is 0 Å². The number of benzene rings is 1. The van der Waals surface area contributed by atoms with Crippen molar-refractivity contribution in [1.82, 2.24) is 14.1 Å². The van der Waals surface area contributed by atoms with Gasteiger partial charge >= 0.3 is 0 Å². The van der Waals surface area contributed by atoms with Gasteiger partial charge in [-0.05, 0) is 12.1 Å². The summed E-state index contributed by atoms with van der Waals surface area (Å²) in [5.74, 6) is -0.138. The molecular formula is C12H13ClN4O2S. The van der Waals surface area contributed by atoms with Gasteiger partial charge in [-0.1, -0.05) is 11.6 Å². The number of fused-ring (bicyclic) bond motifs is 1. The summed E-state index contributed by atoms with van der Waals surface area (Å²) in [6, 6.07) is 3.49. The van der Waals surface area contributed by atoms with E-state index >= 15 is 0 Å². The van der Waals surface area contributed by atoms with Crippen LogP contribution in [0.5, 0.6) is 0 Å². The van der Waals surface area contributed by atoms with Crippen molar-refractivity contribution >= 4 is 46.0 Å². The van der Waals surface area contributed by atoms with Gasteiger partial charge in [0, 0.05) is 13.1 Å². The van der Waals surface area contributed by atoms with E-state index < -0.39 is 0 Å². The van der Waals surface area contributed by atoms with Crippen LogP contribution >= 0.6 is 23.3 Å². The average molecular weight is 313 g/mol. The minimum Gasteiger partial charge on any atom is -0.375 e. The largest absolute Gasteiger partial charge is 0.375 e. The molecule has 0 aliphatic carbocycles. The van der Waals surface area contributed by atoms with E-state index in [0.717, 1.165) is 23.8 Å². The highest BCUT2D eigenvalue weighted by molar-refractivity contribution is 7.00. The number of hydrogen-bond donors (Lipinski definition) is 2. The summed E-state index contributed by atoms with van der Waals surface area (Å²) in [6.07, 6.45) is 0.187. The maximum absolute atomic E-state index is 12.1. The molecule has 0 spiro atoms. The second-order valence-electron chi connectivity index (χ2n) is 4.50. The van der Waals surface area contributed by atoms with Crippen LogP contribution in [-0.2, 0) is 9.53 Å². The van der Waals surface area contributed by atoms with Crippen LogP contribution in [0.3, 0.4) is 0 Å². The topological polar surface area (TPSA) is 76.1 Å². The summed E-state index contributed by atoms with van der Waals surface area (Å²) in [7, 11) is 0. The molecule has 3 rings (SSSR count). The third-order valence-electron chi connectivity index (χ3n) is 3.06. The predicted octanol–water partition coefficient (Wildman–Crippen LogP) is 1.66. The Kier molecular flexibility index (Phi) is 4.11. The van der Waals surface area contributed by atoms with Gasteiger partial charge in [-0.2, -0.15) is 8.75 Å². The number of nitrogens with one attached hydrogen (secondary N) is 2. The summed E-state index contributed by atoms with van der Waals surface area (Å²) >= 11 is 7.22. The number of hydrogen-bond acceptors (Lipinski definition) is 6. The molecule has 6 nitrogen and oxygen atoms in total. The normalized spacial score (nSPS) is 19.1. The van der Waals surface area contributed by atoms with Gasteiger partial charge in [-0.3, -0.25) is 4.79 Å².